The van der Waals surface area contributed by atoms with Gasteiger partial charge in [0.05, 0.1) is 0 Å². The van der Waals surface area contributed by atoms with Gasteiger partial charge in [0, 0.05) is 24.0 Å². The van der Waals surface area contributed by atoms with Crippen molar-refractivity contribution in [3.05, 3.63) is 71.2 Å². The Hall–Kier alpha value is -2.66. The summed E-state index contributed by atoms with van der Waals surface area (Å²) < 4.78 is 13.3. The van der Waals surface area contributed by atoms with Gasteiger partial charge in [-0.25, -0.2) is 4.39 Å². The molecule has 0 aliphatic rings. The maximum Gasteiger partial charge on any atom is 0.267 e. The van der Waals surface area contributed by atoms with Crippen molar-refractivity contribution in [3.8, 4) is 0 Å². The van der Waals surface area contributed by atoms with Gasteiger partial charge < -0.3 is 15.2 Å². The van der Waals surface area contributed by atoms with E-state index in [9.17, 15) is 9.18 Å². The van der Waals surface area contributed by atoms with Gasteiger partial charge in [0.2, 0.25) is 0 Å². The molecule has 5 heteroatoms. The topological polar surface area (TPSA) is 48.1 Å². The van der Waals surface area contributed by atoms with E-state index in [-0.39, 0.29) is 11.7 Å². The van der Waals surface area contributed by atoms with Crippen LogP contribution in [-0.2, 0) is 13.1 Å². The molecule has 1 heterocycles. The molecule has 130 valence electrons. The third-order valence-corrected chi connectivity index (χ3v) is 4.26. The first-order valence-electron chi connectivity index (χ1n) is 8.38. The lowest BCUT2D eigenvalue weighted by atomic mass is 10.1. The average molecular weight is 339 g/mol. The summed E-state index contributed by atoms with van der Waals surface area (Å²) >= 11 is 0. The fourth-order valence-electron chi connectivity index (χ4n) is 2.76. The number of halogens is 1. The smallest absolute Gasteiger partial charge is 0.267 e. The van der Waals surface area contributed by atoms with Gasteiger partial charge in [0.15, 0.2) is 0 Å². The van der Waals surface area contributed by atoms with Crippen LogP contribution >= 0.6 is 0 Å². The lowest BCUT2D eigenvalue weighted by Gasteiger charge is -2.14. The molecule has 0 aliphatic heterocycles. The quantitative estimate of drug-likeness (QED) is 0.719. The lowest BCUT2D eigenvalue weighted by Crippen LogP contribution is -2.23. The number of fused-ring (bicyclic) bond motifs is 1. The molecule has 0 bridgehead atoms. The highest BCUT2D eigenvalue weighted by Gasteiger charge is 2.10. The fraction of sp³-hybridized carbons (Fsp3) is 0.250. The van der Waals surface area contributed by atoms with E-state index in [1.807, 2.05) is 12.1 Å². The number of hydrogen-bond acceptors (Lipinski definition) is 2. The Kier molecular flexibility index (Phi) is 5.14. The Balaban J connectivity index is 1.66. The average Bonchev–Trinajstić information content (AvgIpc) is 3.03. The number of carbonyl (C=O) groups excluding carboxylic acids is 1. The summed E-state index contributed by atoms with van der Waals surface area (Å²) in [4.78, 5) is 17.6. The number of rotatable bonds is 6. The maximum atomic E-state index is 13.3. The lowest BCUT2D eigenvalue weighted by molar-refractivity contribution is 0.0946. The standard InChI is InChI=1S/C20H22FN3O/c1-3-24(2)13-15-6-4-5-14(9-15)12-22-20(25)19-11-16-10-17(21)7-8-18(16)23-19/h4-11,23H,3,12-13H2,1-2H3,(H,22,25). The number of aromatic nitrogens is 1. The van der Waals surface area contributed by atoms with Gasteiger partial charge >= 0.3 is 0 Å². The van der Waals surface area contributed by atoms with Crippen molar-refractivity contribution >= 4 is 16.8 Å². The zero-order valence-corrected chi connectivity index (χ0v) is 14.5. The number of hydrogen-bond donors (Lipinski definition) is 2. The second-order valence-corrected chi connectivity index (χ2v) is 6.25. The summed E-state index contributed by atoms with van der Waals surface area (Å²) in [5, 5.41) is 3.60. The highest BCUT2D eigenvalue weighted by atomic mass is 19.1. The van der Waals surface area contributed by atoms with Crippen LogP contribution in [-0.4, -0.2) is 29.4 Å². The number of nitrogens with one attached hydrogen (secondary N) is 2. The molecule has 4 nitrogen and oxygen atoms in total. The highest BCUT2D eigenvalue weighted by Crippen LogP contribution is 2.16. The third kappa shape index (κ3) is 4.25. The van der Waals surface area contributed by atoms with E-state index in [0.29, 0.717) is 17.6 Å². The second kappa shape index (κ2) is 7.49. The number of nitrogens with zero attached hydrogens (tertiary/aromatic N) is 1. The Morgan fingerprint density at radius 3 is 2.76 bits per heavy atom. The molecular formula is C20H22FN3O. The zero-order chi connectivity index (χ0) is 17.8. The van der Waals surface area contributed by atoms with E-state index >= 15 is 0 Å². The predicted octanol–water partition coefficient (Wildman–Crippen LogP) is 3.69. The number of aromatic amines is 1. The summed E-state index contributed by atoms with van der Waals surface area (Å²) in [5.41, 5.74) is 3.45. The van der Waals surface area contributed by atoms with E-state index in [1.54, 1.807) is 12.1 Å². The summed E-state index contributed by atoms with van der Waals surface area (Å²) in [6.45, 7) is 4.44. The Morgan fingerprint density at radius 1 is 1.16 bits per heavy atom. The van der Waals surface area contributed by atoms with Crippen molar-refractivity contribution < 1.29 is 9.18 Å². The molecule has 3 aromatic rings. The highest BCUT2D eigenvalue weighted by molar-refractivity contribution is 5.97. The molecule has 0 saturated carbocycles. The molecule has 0 fully saturated rings. The molecule has 0 spiro atoms. The van der Waals surface area contributed by atoms with Crippen LogP contribution in [0.5, 0.6) is 0 Å². The Morgan fingerprint density at radius 2 is 1.96 bits per heavy atom. The summed E-state index contributed by atoms with van der Waals surface area (Å²) in [6, 6.07) is 14.3. The minimum atomic E-state index is -0.313. The number of carbonyl (C=O) groups is 1. The van der Waals surface area contributed by atoms with E-state index in [4.69, 9.17) is 0 Å². The Bertz CT molecular complexity index is 888. The van der Waals surface area contributed by atoms with Gasteiger partial charge in [-0.05, 0) is 49.0 Å². The number of benzene rings is 2. The van der Waals surface area contributed by atoms with Crippen molar-refractivity contribution in [2.45, 2.75) is 20.0 Å². The molecule has 0 unspecified atom stereocenters. The van der Waals surface area contributed by atoms with E-state index in [2.05, 4.69) is 41.3 Å². The molecule has 2 N–H and O–H groups in total. The number of H-pyrrole nitrogens is 1. The van der Waals surface area contributed by atoms with Gasteiger partial charge in [-0.15, -0.1) is 0 Å². The zero-order valence-electron chi connectivity index (χ0n) is 14.5. The molecule has 1 amide bonds. The van der Waals surface area contributed by atoms with E-state index in [0.717, 1.165) is 24.2 Å². The first-order chi connectivity index (χ1) is 12.0. The van der Waals surface area contributed by atoms with Crippen LogP contribution in [0.3, 0.4) is 0 Å². The summed E-state index contributed by atoms with van der Waals surface area (Å²) in [7, 11) is 2.08. The molecular weight excluding hydrogens is 317 g/mol. The fourth-order valence-corrected chi connectivity index (χ4v) is 2.76. The molecule has 0 aliphatic carbocycles. The third-order valence-electron chi connectivity index (χ3n) is 4.26. The normalized spacial score (nSPS) is 11.2. The number of amides is 1. The molecule has 0 radical (unpaired) electrons. The minimum absolute atomic E-state index is 0.201. The van der Waals surface area contributed by atoms with Crippen molar-refractivity contribution in [3.63, 3.8) is 0 Å². The largest absolute Gasteiger partial charge is 0.351 e. The van der Waals surface area contributed by atoms with Gasteiger partial charge in [-0.3, -0.25) is 4.79 Å². The van der Waals surface area contributed by atoms with Crippen LogP contribution in [0.2, 0.25) is 0 Å². The van der Waals surface area contributed by atoms with Crippen LogP contribution in [0, 0.1) is 5.82 Å². The second-order valence-electron chi connectivity index (χ2n) is 6.25. The van der Waals surface area contributed by atoms with Crippen LogP contribution in [0.15, 0.2) is 48.5 Å². The maximum absolute atomic E-state index is 13.3. The molecule has 3 rings (SSSR count). The Labute approximate surface area is 146 Å². The summed E-state index contributed by atoms with van der Waals surface area (Å²) in [5.74, 6) is -0.514. The van der Waals surface area contributed by atoms with Gasteiger partial charge in [-0.2, -0.15) is 0 Å². The van der Waals surface area contributed by atoms with E-state index < -0.39 is 0 Å². The van der Waals surface area contributed by atoms with Crippen molar-refractivity contribution in [1.82, 2.24) is 15.2 Å². The predicted molar refractivity (Wildman–Crippen MR) is 97.9 cm³/mol. The minimum Gasteiger partial charge on any atom is -0.351 e. The van der Waals surface area contributed by atoms with Gasteiger partial charge in [0.1, 0.15) is 11.5 Å². The van der Waals surface area contributed by atoms with Crippen molar-refractivity contribution in [2.75, 3.05) is 13.6 Å². The molecule has 25 heavy (non-hydrogen) atoms. The first kappa shape index (κ1) is 17.2. The van der Waals surface area contributed by atoms with Crippen molar-refractivity contribution in [1.29, 1.82) is 0 Å². The van der Waals surface area contributed by atoms with Crippen LogP contribution < -0.4 is 5.32 Å². The molecule has 0 atom stereocenters. The monoisotopic (exact) mass is 339 g/mol. The molecule has 2 aromatic carbocycles. The summed E-state index contributed by atoms with van der Waals surface area (Å²) in [6.07, 6.45) is 0. The van der Waals surface area contributed by atoms with Gasteiger partial charge in [-0.1, -0.05) is 31.2 Å². The van der Waals surface area contributed by atoms with Crippen LogP contribution in [0.1, 0.15) is 28.5 Å². The van der Waals surface area contributed by atoms with Crippen molar-refractivity contribution in [2.24, 2.45) is 0 Å². The molecule has 1 aromatic heterocycles. The first-order valence-corrected chi connectivity index (χ1v) is 8.38. The van der Waals surface area contributed by atoms with Crippen LogP contribution in [0.25, 0.3) is 10.9 Å². The van der Waals surface area contributed by atoms with E-state index in [1.165, 1.54) is 17.7 Å². The van der Waals surface area contributed by atoms with Crippen LogP contribution in [0.4, 0.5) is 4.39 Å². The van der Waals surface area contributed by atoms with Gasteiger partial charge in [0.25, 0.3) is 5.91 Å². The molecule has 0 saturated heterocycles. The SMILES string of the molecule is CCN(C)Cc1cccc(CNC(=O)c2cc3cc(F)ccc3[nH]2)c1.